The lowest BCUT2D eigenvalue weighted by atomic mass is 9.99. The SMILES string of the molecule is CCOC(=O)N1CCC(NC(=NC)NCC(C)N2CCc3ccccc3C2)CC1. The Labute approximate surface area is 174 Å². The van der Waals surface area contributed by atoms with Crippen LogP contribution in [0, 0.1) is 0 Å². The van der Waals surface area contributed by atoms with Crippen molar-refractivity contribution in [1.29, 1.82) is 0 Å². The van der Waals surface area contributed by atoms with Crippen LogP contribution in [0.5, 0.6) is 0 Å². The van der Waals surface area contributed by atoms with E-state index in [-0.39, 0.29) is 6.09 Å². The van der Waals surface area contributed by atoms with Crippen LogP contribution in [0.2, 0.25) is 0 Å². The van der Waals surface area contributed by atoms with Gasteiger partial charge in [0.1, 0.15) is 0 Å². The van der Waals surface area contributed by atoms with Crippen LogP contribution in [-0.4, -0.2) is 73.8 Å². The Hall–Kier alpha value is -2.28. The molecule has 1 aromatic carbocycles. The largest absolute Gasteiger partial charge is 0.450 e. The number of nitrogens with zero attached hydrogens (tertiary/aromatic N) is 3. The smallest absolute Gasteiger partial charge is 0.409 e. The maximum absolute atomic E-state index is 11.8. The van der Waals surface area contributed by atoms with Gasteiger partial charge < -0.3 is 20.3 Å². The number of fused-ring (bicyclic) bond motifs is 1. The summed E-state index contributed by atoms with van der Waals surface area (Å²) in [4.78, 5) is 20.5. The number of hydrogen-bond acceptors (Lipinski definition) is 4. The van der Waals surface area contributed by atoms with Crippen molar-refractivity contribution >= 4 is 12.1 Å². The summed E-state index contributed by atoms with van der Waals surface area (Å²) in [7, 11) is 1.81. The average Bonchev–Trinajstić information content (AvgIpc) is 2.76. The third-order valence-electron chi connectivity index (χ3n) is 5.93. The number of nitrogens with one attached hydrogen (secondary N) is 2. The summed E-state index contributed by atoms with van der Waals surface area (Å²) in [6.07, 6.45) is 2.72. The molecule has 0 radical (unpaired) electrons. The second kappa shape index (κ2) is 10.5. The summed E-state index contributed by atoms with van der Waals surface area (Å²) >= 11 is 0. The highest BCUT2D eigenvalue weighted by Gasteiger charge is 2.25. The zero-order valence-electron chi connectivity index (χ0n) is 18.0. The summed E-state index contributed by atoms with van der Waals surface area (Å²) in [5.74, 6) is 0.837. The zero-order chi connectivity index (χ0) is 20.6. The Morgan fingerprint density at radius 2 is 1.97 bits per heavy atom. The number of carbonyl (C=O) groups is 1. The van der Waals surface area contributed by atoms with Crippen LogP contribution in [0.15, 0.2) is 29.3 Å². The molecule has 29 heavy (non-hydrogen) atoms. The highest BCUT2D eigenvalue weighted by atomic mass is 16.6. The fraction of sp³-hybridized carbons (Fsp3) is 0.636. The number of carbonyl (C=O) groups excluding carboxylic acids is 1. The van der Waals surface area contributed by atoms with Crippen molar-refractivity contribution in [1.82, 2.24) is 20.4 Å². The monoisotopic (exact) mass is 401 g/mol. The molecule has 0 saturated carbocycles. The molecule has 1 aromatic rings. The van der Waals surface area contributed by atoms with Gasteiger partial charge in [-0.05, 0) is 44.2 Å². The molecule has 2 heterocycles. The lowest BCUT2D eigenvalue weighted by molar-refractivity contribution is 0.0963. The van der Waals surface area contributed by atoms with Gasteiger partial charge in [0.15, 0.2) is 5.96 Å². The van der Waals surface area contributed by atoms with E-state index in [2.05, 4.69) is 51.7 Å². The molecule has 0 spiro atoms. The van der Waals surface area contributed by atoms with Crippen molar-refractivity contribution in [3.63, 3.8) is 0 Å². The van der Waals surface area contributed by atoms with E-state index < -0.39 is 0 Å². The van der Waals surface area contributed by atoms with Crippen LogP contribution < -0.4 is 10.6 Å². The molecule has 1 atom stereocenters. The molecule has 3 rings (SSSR count). The number of guanidine groups is 1. The second-order valence-corrected chi connectivity index (χ2v) is 7.90. The Morgan fingerprint density at radius 3 is 2.66 bits per heavy atom. The number of likely N-dealkylation sites (tertiary alicyclic amines) is 1. The van der Waals surface area contributed by atoms with E-state index in [1.165, 1.54) is 11.1 Å². The van der Waals surface area contributed by atoms with Crippen molar-refractivity contribution in [2.75, 3.05) is 39.8 Å². The Balaban J connectivity index is 1.41. The van der Waals surface area contributed by atoms with Crippen molar-refractivity contribution in [2.45, 2.75) is 51.7 Å². The molecule has 2 aliphatic rings. The van der Waals surface area contributed by atoms with E-state index in [1.807, 2.05) is 14.0 Å². The summed E-state index contributed by atoms with van der Waals surface area (Å²) in [6, 6.07) is 9.49. The lowest BCUT2D eigenvalue weighted by Crippen LogP contribution is -2.52. The Bertz CT molecular complexity index is 700. The van der Waals surface area contributed by atoms with Gasteiger partial charge in [-0.15, -0.1) is 0 Å². The van der Waals surface area contributed by atoms with E-state index in [0.717, 1.165) is 57.9 Å². The van der Waals surface area contributed by atoms with Crippen LogP contribution in [0.4, 0.5) is 4.79 Å². The predicted molar refractivity (Wildman–Crippen MR) is 116 cm³/mol. The van der Waals surface area contributed by atoms with E-state index in [1.54, 1.807) is 4.90 Å². The van der Waals surface area contributed by atoms with Gasteiger partial charge in [-0.2, -0.15) is 0 Å². The maximum atomic E-state index is 11.8. The summed E-state index contributed by atoms with van der Waals surface area (Å²) < 4.78 is 5.09. The molecule has 1 fully saturated rings. The number of amides is 1. The number of rotatable bonds is 5. The first-order valence-electron chi connectivity index (χ1n) is 10.8. The molecule has 160 valence electrons. The average molecular weight is 402 g/mol. The highest BCUT2D eigenvalue weighted by molar-refractivity contribution is 5.80. The number of ether oxygens (including phenoxy) is 1. The fourth-order valence-electron chi connectivity index (χ4n) is 4.08. The molecule has 7 heteroatoms. The Morgan fingerprint density at radius 1 is 1.24 bits per heavy atom. The molecule has 1 unspecified atom stereocenters. The molecule has 2 N–H and O–H groups in total. The van der Waals surface area contributed by atoms with E-state index in [4.69, 9.17) is 4.74 Å². The molecule has 1 amide bonds. The minimum absolute atomic E-state index is 0.203. The summed E-state index contributed by atoms with van der Waals surface area (Å²) in [5, 5.41) is 7.00. The zero-order valence-corrected chi connectivity index (χ0v) is 18.0. The quantitative estimate of drug-likeness (QED) is 0.585. The minimum atomic E-state index is -0.203. The molecule has 7 nitrogen and oxygen atoms in total. The van der Waals surface area contributed by atoms with Crippen molar-refractivity contribution in [3.05, 3.63) is 35.4 Å². The van der Waals surface area contributed by atoms with Crippen LogP contribution in [0.25, 0.3) is 0 Å². The third kappa shape index (κ3) is 5.85. The van der Waals surface area contributed by atoms with Crippen LogP contribution in [0.1, 0.15) is 37.8 Å². The minimum Gasteiger partial charge on any atom is -0.450 e. The number of hydrogen-bond donors (Lipinski definition) is 2. The standard InChI is InChI=1S/C22H35N5O2/c1-4-29-22(28)26-13-10-20(11-14-26)25-21(23-3)24-15-17(2)27-12-9-18-7-5-6-8-19(18)16-27/h5-8,17,20H,4,9-16H2,1-3H3,(H2,23,24,25). The van der Waals surface area contributed by atoms with Gasteiger partial charge in [0.2, 0.25) is 0 Å². The predicted octanol–water partition coefficient (Wildman–Crippen LogP) is 2.22. The van der Waals surface area contributed by atoms with E-state index in [9.17, 15) is 4.79 Å². The molecular formula is C22H35N5O2. The molecule has 1 saturated heterocycles. The van der Waals surface area contributed by atoms with Crippen molar-refractivity contribution < 1.29 is 9.53 Å². The number of benzene rings is 1. The van der Waals surface area contributed by atoms with Crippen LogP contribution >= 0.6 is 0 Å². The van der Waals surface area contributed by atoms with Gasteiger partial charge in [-0.1, -0.05) is 24.3 Å². The molecule has 2 aliphatic heterocycles. The summed E-state index contributed by atoms with van der Waals surface area (Å²) in [6.45, 7) is 8.93. The summed E-state index contributed by atoms with van der Waals surface area (Å²) in [5.41, 5.74) is 2.93. The molecule has 0 aliphatic carbocycles. The van der Waals surface area contributed by atoms with Gasteiger partial charge in [0.25, 0.3) is 0 Å². The van der Waals surface area contributed by atoms with Crippen LogP contribution in [0.3, 0.4) is 0 Å². The Kier molecular flexibility index (Phi) is 7.75. The van der Waals surface area contributed by atoms with Gasteiger partial charge in [-0.3, -0.25) is 9.89 Å². The molecule has 0 aromatic heterocycles. The first kappa shape index (κ1) is 21.4. The molecular weight excluding hydrogens is 366 g/mol. The van der Waals surface area contributed by atoms with Gasteiger partial charge in [0.05, 0.1) is 6.61 Å². The first-order chi connectivity index (χ1) is 14.1. The van der Waals surface area contributed by atoms with Gasteiger partial charge in [0, 0.05) is 51.9 Å². The van der Waals surface area contributed by atoms with E-state index in [0.29, 0.717) is 18.7 Å². The second-order valence-electron chi connectivity index (χ2n) is 7.90. The van der Waals surface area contributed by atoms with Crippen molar-refractivity contribution in [2.24, 2.45) is 4.99 Å². The normalized spacial score (nSPS) is 19.4. The highest BCUT2D eigenvalue weighted by Crippen LogP contribution is 2.20. The third-order valence-corrected chi connectivity index (χ3v) is 5.93. The fourth-order valence-corrected chi connectivity index (χ4v) is 4.08. The first-order valence-corrected chi connectivity index (χ1v) is 10.8. The number of aliphatic imine (C=N–C) groups is 1. The van der Waals surface area contributed by atoms with Crippen LogP contribution in [-0.2, 0) is 17.7 Å². The topological polar surface area (TPSA) is 69.2 Å². The molecule has 0 bridgehead atoms. The maximum Gasteiger partial charge on any atom is 0.409 e. The van der Waals surface area contributed by atoms with Gasteiger partial charge >= 0.3 is 6.09 Å². The van der Waals surface area contributed by atoms with E-state index >= 15 is 0 Å². The van der Waals surface area contributed by atoms with Crippen molar-refractivity contribution in [3.8, 4) is 0 Å². The lowest BCUT2D eigenvalue weighted by Gasteiger charge is -2.35. The van der Waals surface area contributed by atoms with Gasteiger partial charge in [-0.25, -0.2) is 4.79 Å². The number of piperidine rings is 1.